The van der Waals surface area contributed by atoms with E-state index in [9.17, 15) is 9.90 Å². The van der Waals surface area contributed by atoms with Gasteiger partial charge in [0, 0.05) is 10.3 Å². The number of hydrogen-bond donors (Lipinski definition) is 4. The molecule has 0 amide bonds. The fourth-order valence-electron chi connectivity index (χ4n) is 0.910. The van der Waals surface area contributed by atoms with Crippen LogP contribution in [0.2, 0.25) is 0 Å². The van der Waals surface area contributed by atoms with Gasteiger partial charge < -0.3 is 20.4 Å². The summed E-state index contributed by atoms with van der Waals surface area (Å²) in [6.45, 7) is -0.568. The van der Waals surface area contributed by atoms with Crippen molar-refractivity contribution >= 4 is 17.3 Å². The number of carboxylic acid groups (broad SMARTS) is 1. The van der Waals surface area contributed by atoms with Crippen molar-refractivity contribution in [1.29, 1.82) is 0 Å². The molecule has 1 rings (SSSR count). The topological polar surface area (TPSA) is 98.0 Å². The summed E-state index contributed by atoms with van der Waals surface area (Å²) in [4.78, 5) is 10.8. The molecule has 6 heteroatoms. The van der Waals surface area contributed by atoms with Gasteiger partial charge in [0.1, 0.15) is 12.2 Å². The lowest BCUT2D eigenvalue weighted by molar-refractivity contribution is -0.0135. The summed E-state index contributed by atoms with van der Waals surface area (Å²) in [6.07, 6.45) is -2.52. The van der Waals surface area contributed by atoms with Gasteiger partial charge in [0.25, 0.3) is 0 Å². The second-order valence-corrected chi connectivity index (χ2v) is 3.68. The van der Waals surface area contributed by atoms with Crippen LogP contribution in [0, 0.1) is 0 Å². The van der Waals surface area contributed by atoms with Crippen LogP contribution in [-0.4, -0.2) is 39.1 Å². The molecular formula is C8H10O5S. The third-order valence-corrected chi connectivity index (χ3v) is 2.71. The first-order chi connectivity index (χ1) is 6.56. The van der Waals surface area contributed by atoms with E-state index in [0.29, 0.717) is 4.88 Å². The van der Waals surface area contributed by atoms with E-state index in [0.717, 1.165) is 11.3 Å². The predicted molar refractivity (Wildman–Crippen MR) is 49.3 cm³/mol. The molecule has 78 valence electrons. The van der Waals surface area contributed by atoms with E-state index in [2.05, 4.69) is 0 Å². The van der Waals surface area contributed by atoms with Crippen molar-refractivity contribution in [2.45, 2.75) is 12.2 Å². The first-order valence-corrected chi connectivity index (χ1v) is 4.73. The Balaban J connectivity index is 2.81. The summed E-state index contributed by atoms with van der Waals surface area (Å²) in [7, 11) is 0. The second kappa shape index (κ2) is 4.52. The SMILES string of the molecule is O=C(O)c1csc(C(O)C(O)CO)c1. The molecule has 2 atom stereocenters. The van der Waals surface area contributed by atoms with Crippen molar-refractivity contribution < 1.29 is 25.2 Å². The lowest BCUT2D eigenvalue weighted by Crippen LogP contribution is -2.21. The Kier molecular flexibility index (Phi) is 3.59. The van der Waals surface area contributed by atoms with Crippen LogP contribution >= 0.6 is 11.3 Å². The van der Waals surface area contributed by atoms with Crippen LogP contribution in [-0.2, 0) is 0 Å². The van der Waals surface area contributed by atoms with Crippen LogP contribution in [0.3, 0.4) is 0 Å². The summed E-state index contributed by atoms with van der Waals surface area (Å²) < 4.78 is 0. The molecule has 0 fully saturated rings. The van der Waals surface area contributed by atoms with Crippen LogP contribution in [0.5, 0.6) is 0 Å². The zero-order valence-corrected chi connectivity index (χ0v) is 7.94. The molecule has 1 aromatic heterocycles. The molecule has 0 aliphatic carbocycles. The van der Waals surface area contributed by atoms with Crippen molar-refractivity contribution in [2.24, 2.45) is 0 Å². The smallest absolute Gasteiger partial charge is 0.336 e. The number of hydrogen-bond acceptors (Lipinski definition) is 5. The fourth-order valence-corrected chi connectivity index (χ4v) is 1.83. The zero-order chi connectivity index (χ0) is 10.7. The molecule has 0 saturated carbocycles. The van der Waals surface area contributed by atoms with Crippen LogP contribution < -0.4 is 0 Å². The Morgan fingerprint density at radius 3 is 2.57 bits per heavy atom. The maximum atomic E-state index is 10.5. The second-order valence-electron chi connectivity index (χ2n) is 2.74. The van der Waals surface area contributed by atoms with Gasteiger partial charge in [-0.1, -0.05) is 0 Å². The fraction of sp³-hybridized carbons (Fsp3) is 0.375. The van der Waals surface area contributed by atoms with Crippen LogP contribution in [0.25, 0.3) is 0 Å². The molecule has 1 aromatic rings. The van der Waals surface area contributed by atoms with E-state index in [1.807, 2.05) is 0 Å². The number of aliphatic hydroxyl groups excluding tert-OH is 3. The quantitative estimate of drug-likeness (QED) is 0.562. The highest BCUT2D eigenvalue weighted by Crippen LogP contribution is 2.24. The van der Waals surface area contributed by atoms with Gasteiger partial charge in [-0.15, -0.1) is 11.3 Å². The normalized spacial score (nSPS) is 15.1. The molecule has 0 aliphatic heterocycles. The largest absolute Gasteiger partial charge is 0.478 e. The summed E-state index contributed by atoms with van der Waals surface area (Å²) >= 11 is 1.03. The zero-order valence-electron chi connectivity index (χ0n) is 7.12. The van der Waals surface area contributed by atoms with Gasteiger partial charge in [0.05, 0.1) is 12.2 Å². The minimum atomic E-state index is -1.28. The summed E-state index contributed by atoms with van der Waals surface area (Å²) in [5.41, 5.74) is 0.0641. The molecule has 0 bridgehead atoms. The highest BCUT2D eigenvalue weighted by atomic mass is 32.1. The van der Waals surface area contributed by atoms with E-state index >= 15 is 0 Å². The highest BCUT2D eigenvalue weighted by molar-refractivity contribution is 7.10. The van der Waals surface area contributed by atoms with Gasteiger partial charge in [0.2, 0.25) is 0 Å². The third-order valence-electron chi connectivity index (χ3n) is 1.71. The van der Waals surface area contributed by atoms with Gasteiger partial charge in [-0.3, -0.25) is 0 Å². The number of aliphatic hydroxyl groups is 3. The molecule has 0 aromatic carbocycles. The standard InChI is InChI=1S/C8H10O5S/c9-2-5(10)7(11)6-1-4(3-14-6)8(12)13/h1,3,5,7,9-11H,2H2,(H,12,13). The average molecular weight is 218 g/mol. The highest BCUT2D eigenvalue weighted by Gasteiger charge is 2.20. The lowest BCUT2D eigenvalue weighted by atomic mass is 10.1. The lowest BCUT2D eigenvalue weighted by Gasteiger charge is -2.12. The van der Waals surface area contributed by atoms with Crippen LogP contribution in [0.1, 0.15) is 21.3 Å². The number of carboxylic acids is 1. The average Bonchev–Trinajstić information content (AvgIpc) is 2.64. The van der Waals surface area contributed by atoms with E-state index in [-0.39, 0.29) is 5.56 Å². The van der Waals surface area contributed by atoms with Crippen molar-refractivity contribution in [1.82, 2.24) is 0 Å². The Bertz CT molecular complexity index is 321. The van der Waals surface area contributed by atoms with E-state index in [4.69, 9.17) is 15.3 Å². The first-order valence-electron chi connectivity index (χ1n) is 3.85. The molecule has 0 aliphatic rings. The minimum Gasteiger partial charge on any atom is -0.478 e. The molecule has 5 nitrogen and oxygen atoms in total. The Morgan fingerprint density at radius 1 is 1.50 bits per heavy atom. The van der Waals surface area contributed by atoms with E-state index < -0.39 is 24.8 Å². The number of rotatable bonds is 4. The maximum absolute atomic E-state index is 10.5. The van der Waals surface area contributed by atoms with Crippen molar-refractivity contribution in [3.05, 3.63) is 21.9 Å². The van der Waals surface area contributed by atoms with Crippen molar-refractivity contribution in [3.63, 3.8) is 0 Å². The van der Waals surface area contributed by atoms with Crippen LogP contribution in [0.15, 0.2) is 11.4 Å². The van der Waals surface area contributed by atoms with Gasteiger partial charge in [-0.2, -0.15) is 0 Å². The van der Waals surface area contributed by atoms with Gasteiger partial charge >= 0.3 is 5.97 Å². The Labute approximate surface area is 83.9 Å². The third kappa shape index (κ3) is 2.30. The minimum absolute atomic E-state index is 0.0641. The molecule has 4 N–H and O–H groups in total. The molecule has 1 heterocycles. The summed E-state index contributed by atoms with van der Waals surface area (Å²) in [5, 5.41) is 37.0. The first kappa shape index (κ1) is 11.1. The van der Waals surface area contributed by atoms with Crippen LogP contribution in [0.4, 0.5) is 0 Å². The molecule has 0 saturated heterocycles. The molecule has 2 unspecified atom stereocenters. The maximum Gasteiger partial charge on any atom is 0.336 e. The monoisotopic (exact) mass is 218 g/mol. The van der Waals surface area contributed by atoms with Gasteiger partial charge in [-0.25, -0.2) is 4.79 Å². The Hall–Kier alpha value is -0.950. The molecule has 14 heavy (non-hydrogen) atoms. The van der Waals surface area contributed by atoms with Crippen molar-refractivity contribution in [3.8, 4) is 0 Å². The molecular weight excluding hydrogens is 208 g/mol. The molecule has 0 radical (unpaired) electrons. The van der Waals surface area contributed by atoms with Gasteiger partial charge in [-0.05, 0) is 6.07 Å². The van der Waals surface area contributed by atoms with E-state index in [1.165, 1.54) is 11.4 Å². The summed E-state index contributed by atoms with van der Waals surface area (Å²) in [5.74, 6) is -1.09. The number of aromatic carboxylic acids is 1. The van der Waals surface area contributed by atoms with Crippen molar-refractivity contribution in [2.75, 3.05) is 6.61 Å². The molecule has 0 spiro atoms. The number of thiophene rings is 1. The predicted octanol–water partition coefficient (Wildman–Crippen LogP) is -0.167. The Morgan fingerprint density at radius 2 is 2.14 bits per heavy atom. The summed E-state index contributed by atoms with van der Waals surface area (Å²) in [6, 6.07) is 1.27. The van der Waals surface area contributed by atoms with Gasteiger partial charge in [0.15, 0.2) is 0 Å². The van der Waals surface area contributed by atoms with E-state index in [1.54, 1.807) is 0 Å². The number of carbonyl (C=O) groups is 1.